The number of likely N-dealkylation sites (tertiary alicyclic amines) is 1. The van der Waals surface area contributed by atoms with E-state index in [9.17, 15) is 14.4 Å². The second kappa shape index (κ2) is 10.7. The molecule has 0 aromatic carbocycles. The summed E-state index contributed by atoms with van der Waals surface area (Å²) in [6, 6.07) is 1.80. The standard InChI is InChI=1S/C23H30ClN7O4/c1-3-5-30-21-18(22(33)31(23(30)34)6-4-7-35-2)27-20(28-21)15-9-16(19(24)26-11-15)13-29-12-14(10-25)8-17(29)32/h9,11,14H,3-8,10,12-13,25H2,1-2H3,(H,27,28). The summed E-state index contributed by atoms with van der Waals surface area (Å²) < 4.78 is 7.80. The number of rotatable bonds is 10. The van der Waals surface area contributed by atoms with Gasteiger partial charge < -0.3 is 20.4 Å². The van der Waals surface area contributed by atoms with E-state index in [-0.39, 0.29) is 29.0 Å². The first-order valence-electron chi connectivity index (χ1n) is 11.7. The number of hydrogen-bond acceptors (Lipinski definition) is 7. The van der Waals surface area contributed by atoms with Crippen molar-refractivity contribution < 1.29 is 9.53 Å². The van der Waals surface area contributed by atoms with Gasteiger partial charge in [-0.3, -0.25) is 18.7 Å². The molecule has 1 fully saturated rings. The van der Waals surface area contributed by atoms with Crippen LogP contribution in [0.25, 0.3) is 22.6 Å². The molecule has 1 aliphatic heterocycles. The molecule has 4 heterocycles. The molecule has 1 aliphatic rings. The monoisotopic (exact) mass is 503 g/mol. The Morgan fingerprint density at radius 1 is 1.26 bits per heavy atom. The number of nitrogens with zero attached hydrogens (tertiary/aromatic N) is 5. The third-order valence-electron chi connectivity index (χ3n) is 6.21. The minimum atomic E-state index is -0.426. The van der Waals surface area contributed by atoms with Crippen LogP contribution in [0.1, 0.15) is 31.7 Å². The Hall–Kier alpha value is -3.02. The predicted octanol–water partition coefficient (Wildman–Crippen LogP) is 1.36. The van der Waals surface area contributed by atoms with Gasteiger partial charge in [-0.1, -0.05) is 18.5 Å². The number of ether oxygens (including phenoxy) is 1. The lowest BCUT2D eigenvalue weighted by Crippen LogP contribution is -2.40. The maximum absolute atomic E-state index is 13.1. The second-order valence-electron chi connectivity index (χ2n) is 8.78. The van der Waals surface area contributed by atoms with Crippen LogP contribution in [0.15, 0.2) is 21.9 Å². The van der Waals surface area contributed by atoms with Crippen LogP contribution in [0.4, 0.5) is 0 Å². The van der Waals surface area contributed by atoms with E-state index >= 15 is 0 Å². The number of imidazole rings is 1. The summed E-state index contributed by atoms with van der Waals surface area (Å²) in [6.07, 6.45) is 3.22. The first kappa shape index (κ1) is 25.1. The van der Waals surface area contributed by atoms with Gasteiger partial charge in [-0.25, -0.2) is 14.8 Å². The van der Waals surface area contributed by atoms with Crippen molar-refractivity contribution in [1.29, 1.82) is 0 Å². The number of methoxy groups -OCH3 is 1. The third-order valence-corrected chi connectivity index (χ3v) is 6.55. The van der Waals surface area contributed by atoms with Gasteiger partial charge in [-0.2, -0.15) is 0 Å². The lowest BCUT2D eigenvalue weighted by atomic mass is 10.1. The minimum Gasteiger partial charge on any atom is -0.385 e. The number of nitrogens with two attached hydrogens (primary N) is 1. The summed E-state index contributed by atoms with van der Waals surface area (Å²) in [7, 11) is 1.58. The van der Waals surface area contributed by atoms with Crippen molar-refractivity contribution >= 4 is 28.7 Å². The molecule has 3 N–H and O–H groups in total. The van der Waals surface area contributed by atoms with E-state index in [0.717, 1.165) is 0 Å². The van der Waals surface area contributed by atoms with Crippen LogP contribution in [-0.4, -0.2) is 61.7 Å². The van der Waals surface area contributed by atoms with Crippen molar-refractivity contribution in [2.24, 2.45) is 11.7 Å². The molecular formula is C23H30ClN7O4. The SMILES string of the molecule is CCCn1c(=O)n(CCCOC)c(=O)c2[nH]c(-c3cnc(Cl)c(CN4CC(CN)CC4=O)c3)nc21. The van der Waals surface area contributed by atoms with E-state index in [4.69, 9.17) is 22.1 Å². The van der Waals surface area contributed by atoms with E-state index in [2.05, 4.69) is 15.0 Å². The third kappa shape index (κ3) is 5.02. The molecular weight excluding hydrogens is 474 g/mol. The predicted molar refractivity (Wildman–Crippen MR) is 132 cm³/mol. The number of nitrogens with one attached hydrogen (secondary N) is 1. The molecule has 12 heteroatoms. The number of carbonyl (C=O) groups excluding carboxylic acids is 1. The zero-order valence-electron chi connectivity index (χ0n) is 19.9. The Kier molecular flexibility index (Phi) is 7.68. The molecule has 0 bridgehead atoms. The molecule has 0 radical (unpaired) electrons. The number of pyridine rings is 1. The Labute approximate surface area is 206 Å². The summed E-state index contributed by atoms with van der Waals surface area (Å²) >= 11 is 6.34. The zero-order chi connectivity index (χ0) is 25.1. The molecule has 1 atom stereocenters. The minimum absolute atomic E-state index is 0.0308. The number of halogens is 1. The van der Waals surface area contributed by atoms with Crippen LogP contribution in [0.3, 0.4) is 0 Å². The van der Waals surface area contributed by atoms with Gasteiger partial charge >= 0.3 is 5.69 Å². The second-order valence-corrected chi connectivity index (χ2v) is 9.13. The maximum Gasteiger partial charge on any atom is 0.332 e. The molecule has 11 nitrogen and oxygen atoms in total. The molecule has 35 heavy (non-hydrogen) atoms. The van der Waals surface area contributed by atoms with Crippen LogP contribution in [-0.2, 0) is 29.2 Å². The molecule has 0 spiro atoms. The molecule has 4 rings (SSSR count). The fourth-order valence-corrected chi connectivity index (χ4v) is 4.56. The van der Waals surface area contributed by atoms with Gasteiger partial charge in [0.25, 0.3) is 5.56 Å². The molecule has 1 unspecified atom stereocenters. The lowest BCUT2D eigenvalue weighted by molar-refractivity contribution is -0.128. The van der Waals surface area contributed by atoms with E-state index in [0.29, 0.717) is 74.6 Å². The van der Waals surface area contributed by atoms with Gasteiger partial charge in [0.2, 0.25) is 5.91 Å². The van der Waals surface area contributed by atoms with E-state index in [1.807, 2.05) is 6.92 Å². The van der Waals surface area contributed by atoms with Crippen molar-refractivity contribution in [2.45, 2.75) is 45.8 Å². The fourth-order valence-electron chi connectivity index (χ4n) is 4.40. The van der Waals surface area contributed by atoms with Crippen molar-refractivity contribution in [2.75, 3.05) is 26.8 Å². The summed E-state index contributed by atoms with van der Waals surface area (Å²) in [5, 5.41) is 0.289. The van der Waals surface area contributed by atoms with Crippen LogP contribution in [0, 0.1) is 5.92 Å². The molecule has 0 saturated carbocycles. The summed E-state index contributed by atoms with van der Waals surface area (Å²) in [6.45, 7) is 4.41. The maximum atomic E-state index is 13.1. The highest BCUT2D eigenvalue weighted by Gasteiger charge is 2.29. The van der Waals surface area contributed by atoms with E-state index in [1.54, 1.807) is 24.3 Å². The molecule has 1 amide bonds. The number of amides is 1. The Bertz CT molecular complexity index is 1350. The van der Waals surface area contributed by atoms with E-state index in [1.165, 1.54) is 9.13 Å². The van der Waals surface area contributed by atoms with Crippen molar-refractivity contribution in [3.05, 3.63) is 43.8 Å². The van der Waals surface area contributed by atoms with Crippen LogP contribution < -0.4 is 17.0 Å². The van der Waals surface area contributed by atoms with Crippen LogP contribution >= 0.6 is 11.6 Å². The Morgan fingerprint density at radius 3 is 2.74 bits per heavy atom. The van der Waals surface area contributed by atoms with Crippen molar-refractivity contribution in [3.8, 4) is 11.4 Å². The molecule has 1 saturated heterocycles. The van der Waals surface area contributed by atoms with Gasteiger partial charge in [0.1, 0.15) is 16.5 Å². The Balaban J connectivity index is 1.73. The van der Waals surface area contributed by atoms with Crippen LogP contribution in [0.2, 0.25) is 5.15 Å². The van der Waals surface area contributed by atoms with Gasteiger partial charge in [0.15, 0.2) is 5.65 Å². The number of hydrogen-bond donors (Lipinski definition) is 2. The number of carbonyl (C=O) groups is 1. The highest BCUT2D eigenvalue weighted by Crippen LogP contribution is 2.26. The molecule has 0 aliphatic carbocycles. The van der Waals surface area contributed by atoms with Gasteiger partial charge in [0, 0.05) is 63.6 Å². The highest BCUT2D eigenvalue weighted by atomic mass is 35.5. The fraction of sp³-hybridized carbons (Fsp3) is 0.522. The van der Waals surface area contributed by atoms with Gasteiger partial charge in [-0.15, -0.1) is 0 Å². The lowest BCUT2D eigenvalue weighted by Gasteiger charge is -2.17. The summed E-state index contributed by atoms with van der Waals surface area (Å²) in [4.78, 5) is 52.2. The average Bonchev–Trinajstić information content (AvgIpc) is 3.44. The normalized spacial score (nSPS) is 16.1. The number of aryl methyl sites for hydroxylation is 1. The smallest absolute Gasteiger partial charge is 0.332 e. The van der Waals surface area contributed by atoms with E-state index < -0.39 is 11.2 Å². The van der Waals surface area contributed by atoms with Crippen molar-refractivity contribution in [1.82, 2.24) is 29.0 Å². The number of H-pyrrole nitrogens is 1. The van der Waals surface area contributed by atoms with Crippen LogP contribution in [0.5, 0.6) is 0 Å². The number of aromatic amines is 1. The quantitative estimate of drug-likeness (QED) is 0.314. The summed E-state index contributed by atoms with van der Waals surface area (Å²) in [5.41, 5.74) is 6.73. The topological polar surface area (TPSA) is 141 Å². The summed E-state index contributed by atoms with van der Waals surface area (Å²) in [5.74, 6) is 0.561. The van der Waals surface area contributed by atoms with Gasteiger partial charge in [0.05, 0.1) is 0 Å². The number of aromatic nitrogens is 5. The molecule has 3 aromatic rings. The highest BCUT2D eigenvalue weighted by molar-refractivity contribution is 6.30. The number of fused-ring (bicyclic) bond motifs is 1. The average molecular weight is 504 g/mol. The first-order valence-corrected chi connectivity index (χ1v) is 12.1. The molecule has 3 aromatic heterocycles. The largest absolute Gasteiger partial charge is 0.385 e. The Morgan fingerprint density at radius 2 is 2.06 bits per heavy atom. The van der Waals surface area contributed by atoms with Gasteiger partial charge in [-0.05, 0) is 31.4 Å². The van der Waals surface area contributed by atoms with Crippen molar-refractivity contribution in [3.63, 3.8) is 0 Å². The first-order chi connectivity index (χ1) is 16.9. The zero-order valence-corrected chi connectivity index (χ0v) is 20.7. The molecule has 188 valence electrons.